The molecule has 1 N–H and O–H groups in total. The summed E-state index contributed by atoms with van der Waals surface area (Å²) >= 11 is 3.26. The van der Waals surface area contributed by atoms with E-state index in [-0.39, 0.29) is 5.91 Å². The van der Waals surface area contributed by atoms with Crippen LogP contribution in [0.4, 0.5) is 4.39 Å². The summed E-state index contributed by atoms with van der Waals surface area (Å²) in [6, 6.07) is 4.51. The summed E-state index contributed by atoms with van der Waals surface area (Å²) in [5.74, 6) is -0.636. The van der Waals surface area contributed by atoms with E-state index in [1.807, 2.05) is 0 Å². The van der Waals surface area contributed by atoms with Gasteiger partial charge in [0.15, 0.2) is 0 Å². The van der Waals surface area contributed by atoms with Crippen LogP contribution in [0.1, 0.15) is 23.2 Å². The number of likely N-dealkylation sites (N-methyl/N-ethyl adjacent to an activating group) is 1. The number of nitrogens with one attached hydrogen (secondary N) is 1. The molecule has 0 aliphatic carbocycles. The maximum absolute atomic E-state index is 13.1. The summed E-state index contributed by atoms with van der Waals surface area (Å²) < 4.78 is 13.7. The van der Waals surface area contributed by atoms with E-state index in [0.29, 0.717) is 22.6 Å². The first kappa shape index (κ1) is 13.5. The number of nitrogens with zero attached hydrogens (tertiary/aromatic N) is 1. The van der Waals surface area contributed by atoms with Gasteiger partial charge in [-0.05, 0) is 60.6 Å². The molecule has 0 spiro atoms. The van der Waals surface area contributed by atoms with Crippen LogP contribution >= 0.6 is 15.9 Å². The first-order chi connectivity index (χ1) is 8.58. The van der Waals surface area contributed by atoms with Crippen LogP contribution in [0.25, 0.3) is 0 Å². The van der Waals surface area contributed by atoms with E-state index in [2.05, 4.69) is 33.2 Å². The van der Waals surface area contributed by atoms with Crippen molar-refractivity contribution < 1.29 is 9.18 Å². The Morgan fingerprint density at radius 3 is 3.06 bits per heavy atom. The number of benzene rings is 1. The van der Waals surface area contributed by atoms with Gasteiger partial charge in [-0.1, -0.05) is 0 Å². The lowest BCUT2D eigenvalue weighted by molar-refractivity contribution is 0.0942. The highest BCUT2D eigenvalue weighted by Gasteiger charge is 2.21. The number of hydrogen-bond donors (Lipinski definition) is 1. The van der Waals surface area contributed by atoms with Gasteiger partial charge in [0.25, 0.3) is 5.91 Å². The van der Waals surface area contributed by atoms with Gasteiger partial charge in [-0.15, -0.1) is 0 Å². The fourth-order valence-corrected chi connectivity index (χ4v) is 2.64. The molecule has 1 fully saturated rings. The summed E-state index contributed by atoms with van der Waals surface area (Å²) in [6.07, 6.45) is 2.27. The maximum Gasteiger partial charge on any atom is 0.252 e. The van der Waals surface area contributed by atoms with E-state index in [4.69, 9.17) is 0 Å². The zero-order valence-electron chi connectivity index (χ0n) is 10.2. The minimum Gasteiger partial charge on any atom is -0.350 e. The second-order valence-corrected chi connectivity index (χ2v) is 5.47. The van der Waals surface area contributed by atoms with Gasteiger partial charge in [-0.2, -0.15) is 0 Å². The highest BCUT2D eigenvalue weighted by atomic mass is 79.9. The maximum atomic E-state index is 13.1. The Hall–Kier alpha value is -0.940. The fraction of sp³-hybridized carbons (Fsp3) is 0.462. The van der Waals surface area contributed by atoms with Crippen LogP contribution in [0.15, 0.2) is 22.7 Å². The van der Waals surface area contributed by atoms with Crippen LogP contribution in [0.3, 0.4) is 0 Å². The topological polar surface area (TPSA) is 32.3 Å². The lowest BCUT2D eigenvalue weighted by Gasteiger charge is -2.19. The van der Waals surface area contributed by atoms with Crippen molar-refractivity contribution in [3.63, 3.8) is 0 Å². The lowest BCUT2D eigenvalue weighted by atomic mass is 10.2. The van der Waals surface area contributed by atoms with Crippen LogP contribution < -0.4 is 5.32 Å². The average Bonchev–Trinajstić information content (AvgIpc) is 2.75. The Labute approximate surface area is 114 Å². The van der Waals surface area contributed by atoms with E-state index in [9.17, 15) is 9.18 Å². The van der Waals surface area contributed by atoms with Crippen LogP contribution in [-0.2, 0) is 0 Å². The van der Waals surface area contributed by atoms with Gasteiger partial charge >= 0.3 is 0 Å². The first-order valence-corrected chi connectivity index (χ1v) is 6.80. The molecule has 1 aliphatic heterocycles. The predicted octanol–water partition coefficient (Wildman–Crippen LogP) is 2.41. The van der Waals surface area contributed by atoms with Gasteiger partial charge in [0.1, 0.15) is 5.82 Å². The molecule has 0 radical (unpaired) electrons. The largest absolute Gasteiger partial charge is 0.350 e. The molecule has 0 aromatic heterocycles. The summed E-state index contributed by atoms with van der Waals surface area (Å²) in [7, 11) is 2.06. The third-order valence-electron chi connectivity index (χ3n) is 3.34. The second-order valence-electron chi connectivity index (χ2n) is 4.61. The Morgan fingerprint density at radius 2 is 2.39 bits per heavy atom. The summed E-state index contributed by atoms with van der Waals surface area (Å²) in [5, 5.41) is 2.86. The summed E-state index contributed by atoms with van der Waals surface area (Å²) in [5.41, 5.74) is 0.343. The molecule has 98 valence electrons. The fourth-order valence-electron chi connectivity index (χ4n) is 2.21. The van der Waals surface area contributed by atoms with Crippen molar-refractivity contribution >= 4 is 21.8 Å². The Balaban J connectivity index is 1.97. The van der Waals surface area contributed by atoms with E-state index < -0.39 is 5.82 Å². The normalized spacial score (nSPS) is 20.1. The molecule has 1 saturated heterocycles. The number of halogens is 2. The van der Waals surface area contributed by atoms with Crippen LogP contribution in [0, 0.1) is 5.82 Å². The molecule has 18 heavy (non-hydrogen) atoms. The van der Waals surface area contributed by atoms with E-state index >= 15 is 0 Å². The standard InChI is InChI=1S/C13H16BrFN2O/c1-17-6-2-3-10(17)8-16-13(18)11-7-9(15)4-5-12(11)14/h4-5,7,10H,2-3,6,8H2,1H3,(H,16,18). The number of hydrogen-bond acceptors (Lipinski definition) is 2. The number of amides is 1. The number of rotatable bonds is 3. The van der Waals surface area contributed by atoms with Crippen molar-refractivity contribution in [3.05, 3.63) is 34.1 Å². The van der Waals surface area contributed by atoms with Crippen molar-refractivity contribution in [2.24, 2.45) is 0 Å². The molecule has 1 atom stereocenters. The molecule has 0 saturated carbocycles. The number of carbonyl (C=O) groups is 1. The molecule has 1 unspecified atom stereocenters. The molecular formula is C13H16BrFN2O. The summed E-state index contributed by atoms with van der Waals surface area (Å²) in [6.45, 7) is 1.68. The third-order valence-corrected chi connectivity index (χ3v) is 4.03. The molecule has 1 aromatic carbocycles. The Kier molecular flexibility index (Phi) is 4.35. The number of carbonyl (C=O) groups excluding carboxylic acids is 1. The van der Waals surface area contributed by atoms with Crippen molar-refractivity contribution in [2.45, 2.75) is 18.9 Å². The van der Waals surface area contributed by atoms with Crippen molar-refractivity contribution in [2.75, 3.05) is 20.1 Å². The molecule has 1 heterocycles. The highest BCUT2D eigenvalue weighted by Crippen LogP contribution is 2.18. The van der Waals surface area contributed by atoms with Crippen molar-refractivity contribution in [3.8, 4) is 0 Å². The molecule has 2 rings (SSSR count). The first-order valence-electron chi connectivity index (χ1n) is 6.01. The smallest absolute Gasteiger partial charge is 0.252 e. The minimum atomic E-state index is -0.402. The van der Waals surface area contributed by atoms with Crippen molar-refractivity contribution in [1.29, 1.82) is 0 Å². The van der Waals surface area contributed by atoms with Gasteiger partial charge in [-0.25, -0.2) is 4.39 Å². The Bertz CT molecular complexity index is 453. The monoisotopic (exact) mass is 314 g/mol. The van der Waals surface area contributed by atoms with Gasteiger partial charge in [0.05, 0.1) is 5.56 Å². The van der Waals surface area contributed by atoms with Crippen LogP contribution in [0.2, 0.25) is 0 Å². The Morgan fingerprint density at radius 1 is 1.61 bits per heavy atom. The van der Waals surface area contributed by atoms with E-state index in [1.165, 1.54) is 18.6 Å². The zero-order valence-corrected chi connectivity index (χ0v) is 11.8. The van der Waals surface area contributed by atoms with Gasteiger partial charge in [0, 0.05) is 17.1 Å². The van der Waals surface area contributed by atoms with Crippen LogP contribution in [0.5, 0.6) is 0 Å². The quantitative estimate of drug-likeness (QED) is 0.929. The molecule has 1 aromatic rings. The van der Waals surface area contributed by atoms with Gasteiger partial charge in [0.2, 0.25) is 0 Å². The molecule has 1 amide bonds. The molecular weight excluding hydrogens is 299 g/mol. The molecule has 5 heteroatoms. The van der Waals surface area contributed by atoms with Gasteiger partial charge in [-0.3, -0.25) is 4.79 Å². The molecule has 0 bridgehead atoms. The van der Waals surface area contributed by atoms with Gasteiger partial charge < -0.3 is 10.2 Å². The lowest BCUT2D eigenvalue weighted by Crippen LogP contribution is -2.38. The predicted molar refractivity (Wildman–Crippen MR) is 72.1 cm³/mol. The summed E-state index contributed by atoms with van der Waals surface area (Å²) in [4.78, 5) is 14.2. The molecule has 1 aliphatic rings. The zero-order chi connectivity index (χ0) is 13.1. The molecule has 3 nitrogen and oxygen atoms in total. The third kappa shape index (κ3) is 3.09. The average molecular weight is 315 g/mol. The SMILES string of the molecule is CN1CCCC1CNC(=O)c1cc(F)ccc1Br. The van der Waals surface area contributed by atoms with Crippen LogP contribution in [-0.4, -0.2) is 37.0 Å². The highest BCUT2D eigenvalue weighted by molar-refractivity contribution is 9.10. The van der Waals surface area contributed by atoms with Crippen molar-refractivity contribution in [1.82, 2.24) is 10.2 Å². The van der Waals surface area contributed by atoms with E-state index in [1.54, 1.807) is 6.07 Å². The van der Waals surface area contributed by atoms with E-state index in [0.717, 1.165) is 13.0 Å². The minimum absolute atomic E-state index is 0.235. The number of likely N-dealkylation sites (tertiary alicyclic amines) is 1. The second kappa shape index (κ2) is 5.80.